The van der Waals surface area contributed by atoms with Gasteiger partial charge in [0.05, 0.1) is 12.3 Å². The Balaban J connectivity index is 2.83. The van der Waals surface area contributed by atoms with Crippen LogP contribution in [0.15, 0.2) is 0 Å². The molecule has 0 amide bonds. The predicted molar refractivity (Wildman–Crippen MR) is 100 cm³/mol. The van der Waals surface area contributed by atoms with Gasteiger partial charge in [0.1, 0.15) is 18.4 Å². The first-order valence-electron chi connectivity index (χ1n) is 10.0. The summed E-state index contributed by atoms with van der Waals surface area (Å²) in [6.07, 6.45) is 4.19. The van der Waals surface area contributed by atoms with Crippen LogP contribution in [0.2, 0.25) is 0 Å². The fourth-order valence-corrected chi connectivity index (χ4v) is 3.51. The smallest absolute Gasteiger partial charge is 0.310 e. The second-order valence-electron chi connectivity index (χ2n) is 9.02. The van der Waals surface area contributed by atoms with E-state index in [2.05, 4.69) is 20.8 Å². The number of hydrogen-bond acceptors (Lipinski definition) is 4. The van der Waals surface area contributed by atoms with Crippen LogP contribution in [0.5, 0.6) is 0 Å². The van der Waals surface area contributed by atoms with Crippen LogP contribution in [-0.2, 0) is 19.1 Å². The molecule has 0 spiro atoms. The van der Waals surface area contributed by atoms with Gasteiger partial charge in [0.2, 0.25) is 0 Å². The Labute approximate surface area is 158 Å². The van der Waals surface area contributed by atoms with Crippen LogP contribution >= 0.6 is 0 Å². The average molecular weight is 373 g/mol. The van der Waals surface area contributed by atoms with E-state index in [1.807, 2.05) is 13.8 Å². The summed E-state index contributed by atoms with van der Waals surface area (Å²) in [5, 5.41) is 0. The highest BCUT2D eigenvalue weighted by atomic mass is 19.1. The number of ether oxygens (including phenoxy) is 2. The van der Waals surface area contributed by atoms with Crippen molar-refractivity contribution in [1.29, 1.82) is 0 Å². The van der Waals surface area contributed by atoms with E-state index < -0.39 is 24.3 Å². The van der Waals surface area contributed by atoms with E-state index >= 15 is 0 Å². The first-order valence-corrected chi connectivity index (χ1v) is 10.0. The van der Waals surface area contributed by atoms with Crippen molar-refractivity contribution in [1.82, 2.24) is 0 Å². The third-order valence-corrected chi connectivity index (χ3v) is 5.69. The summed E-state index contributed by atoms with van der Waals surface area (Å²) in [6.45, 7) is 11.3. The normalized spacial score (nSPS) is 19.2. The Kier molecular flexibility index (Phi) is 8.55. The van der Waals surface area contributed by atoms with Crippen molar-refractivity contribution in [3.8, 4) is 0 Å². The maximum atomic E-state index is 13.0. The molecule has 26 heavy (non-hydrogen) atoms. The summed E-state index contributed by atoms with van der Waals surface area (Å²) in [7, 11) is 0. The fraction of sp³-hybridized carbons (Fsp3) is 0.905. The van der Waals surface area contributed by atoms with Crippen molar-refractivity contribution < 1.29 is 23.5 Å². The van der Waals surface area contributed by atoms with Gasteiger partial charge in [-0.05, 0) is 50.4 Å². The molecule has 0 aliphatic heterocycles. The number of hydrogen-bond donors (Lipinski definition) is 0. The van der Waals surface area contributed by atoms with E-state index in [1.165, 1.54) is 6.92 Å². The van der Waals surface area contributed by atoms with Crippen molar-refractivity contribution in [2.45, 2.75) is 98.2 Å². The maximum absolute atomic E-state index is 13.0. The topological polar surface area (TPSA) is 52.6 Å². The SMILES string of the molecule is CCC(C)(C)CC(C(=O)OC1(CC(=O)OC(C)CF)CCCC1)C(C)C. The average Bonchev–Trinajstić information content (AvgIpc) is 2.99. The third-order valence-electron chi connectivity index (χ3n) is 5.69. The van der Waals surface area contributed by atoms with E-state index in [0.717, 1.165) is 25.7 Å². The molecule has 0 radical (unpaired) electrons. The second-order valence-corrected chi connectivity index (χ2v) is 9.02. The summed E-state index contributed by atoms with van der Waals surface area (Å²) < 4.78 is 23.6. The number of carbonyl (C=O) groups is 2. The highest BCUT2D eigenvalue weighted by molar-refractivity contribution is 5.75. The molecule has 152 valence electrons. The molecule has 2 atom stereocenters. The monoisotopic (exact) mass is 372 g/mol. The van der Waals surface area contributed by atoms with Crippen molar-refractivity contribution in [3.63, 3.8) is 0 Å². The minimum Gasteiger partial charge on any atom is -0.460 e. The molecule has 1 aliphatic rings. The quantitative estimate of drug-likeness (QED) is 0.493. The molecule has 0 aromatic carbocycles. The van der Waals surface area contributed by atoms with Gasteiger partial charge < -0.3 is 9.47 Å². The lowest BCUT2D eigenvalue weighted by molar-refractivity contribution is -0.174. The molecule has 0 bridgehead atoms. The van der Waals surface area contributed by atoms with Gasteiger partial charge >= 0.3 is 11.9 Å². The lowest BCUT2D eigenvalue weighted by Crippen LogP contribution is -2.40. The zero-order chi connectivity index (χ0) is 20.0. The van der Waals surface area contributed by atoms with Gasteiger partial charge in [-0.15, -0.1) is 0 Å². The van der Waals surface area contributed by atoms with Crippen LogP contribution in [0, 0.1) is 17.3 Å². The molecule has 2 unspecified atom stereocenters. The molecule has 0 aromatic heterocycles. The van der Waals surface area contributed by atoms with Crippen molar-refractivity contribution in [2.75, 3.05) is 6.67 Å². The van der Waals surface area contributed by atoms with E-state index in [9.17, 15) is 14.0 Å². The second kappa shape index (κ2) is 9.70. The zero-order valence-electron chi connectivity index (χ0n) is 17.4. The molecule has 1 saturated carbocycles. The van der Waals surface area contributed by atoms with E-state index in [4.69, 9.17) is 9.47 Å². The molecule has 0 aromatic rings. The summed E-state index contributed by atoms with van der Waals surface area (Å²) in [4.78, 5) is 25.1. The predicted octanol–water partition coefficient (Wildman–Crippen LogP) is 5.23. The van der Waals surface area contributed by atoms with Crippen LogP contribution in [0.1, 0.15) is 86.5 Å². The summed E-state index contributed by atoms with van der Waals surface area (Å²) >= 11 is 0. The highest BCUT2D eigenvalue weighted by Gasteiger charge is 2.43. The van der Waals surface area contributed by atoms with Gasteiger partial charge in [0, 0.05) is 0 Å². The lowest BCUT2D eigenvalue weighted by atomic mass is 9.77. The van der Waals surface area contributed by atoms with Gasteiger partial charge in [-0.2, -0.15) is 0 Å². The van der Waals surface area contributed by atoms with Gasteiger partial charge in [0.25, 0.3) is 0 Å². The van der Waals surface area contributed by atoms with Crippen LogP contribution in [0.4, 0.5) is 4.39 Å². The van der Waals surface area contributed by atoms with Gasteiger partial charge in [-0.25, -0.2) is 4.39 Å². The molecule has 0 saturated heterocycles. The van der Waals surface area contributed by atoms with Gasteiger partial charge in [-0.1, -0.05) is 41.0 Å². The van der Waals surface area contributed by atoms with Crippen molar-refractivity contribution in [3.05, 3.63) is 0 Å². The number of esters is 2. The molecule has 4 nitrogen and oxygen atoms in total. The summed E-state index contributed by atoms with van der Waals surface area (Å²) in [5.74, 6) is -0.719. The Bertz CT molecular complexity index is 467. The van der Waals surface area contributed by atoms with Crippen LogP contribution in [-0.4, -0.2) is 30.3 Å². The van der Waals surface area contributed by atoms with Crippen molar-refractivity contribution in [2.24, 2.45) is 17.3 Å². The standard InChI is InChI=1S/C21H37FO4/c1-7-20(5,6)12-17(15(2)3)19(24)26-21(10-8-9-11-21)13-18(23)25-16(4)14-22/h15-17H,7-14H2,1-6H3. The highest BCUT2D eigenvalue weighted by Crippen LogP contribution is 2.39. The molecule has 5 heteroatoms. The van der Waals surface area contributed by atoms with Crippen molar-refractivity contribution >= 4 is 11.9 Å². The first kappa shape index (κ1) is 22.9. The lowest BCUT2D eigenvalue weighted by Gasteiger charge is -2.34. The largest absolute Gasteiger partial charge is 0.460 e. The number of halogens is 1. The Hall–Kier alpha value is -1.13. The molecular weight excluding hydrogens is 335 g/mol. The molecule has 1 fully saturated rings. The van der Waals surface area contributed by atoms with Gasteiger partial charge in [0.15, 0.2) is 0 Å². The Morgan fingerprint density at radius 3 is 2.19 bits per heavy atom. The minimum atomic E-state index is -0.784. The maximum Gasteiger partial charge on any atom is 0.310 e. The molecular formula is C21H37FO4. The number of carbonyl (C=O) groups excluding carboxylic acids is 2. The minimum absolute atomic E-state index is 0.0189. The Morgan fingerprint density at radius 2 is 1.73 bits per heavy atom. The van der Waals surface area contributed by atoms with E-state index in [-0.39, 0.29) is 29.6 Å². The number of alkyl halides is 1. The van der Waals surface area contributed by atoms with E-state index in [1.54, 1.807) is 0 Å². The van der Waals surface area contributed by atoms with Crippen LogP contribution < -0.4 is 0 Å². The van der Waals surface area contributed by atoms with Crippen LogP contribution in [0.25, 0.3) is 0 Å². The van der Waals surface area contributed by atoms with Gasteiger partial charge in [-0.3, -0.25) is 9.59 Å². The molecule has 1 rings (SSSR count). The summed E-state index contributed by atoms with van der Waals surface area (Å²) in [5.41, 5.74) is -0.722. The molecule has 1 aliphatic carbocycles. The number of rotatable bonds is 10. The van der Waals surface area contributed by atoms with E-state index in [0.29, 0.717) is 12.8 Å². The molecule has 0 heterocycles. The first-order chi connectivity index (χ1) is 12.0. The Morgan fingerprint density at radius 1 is 1.15 bits per heavy atom. The molecule has 0 N–H and O–H groups in total. The third kappa shape index (κ3) is 6.88. The fourth-order valence-electron chi connectivity index (χ4n) is 3.51. The summed E-state index contributed by atoms with van der Waals surface area (Å²) in [6, 6.07) is 0. The van der Waals surface area contributed by atoms with Crippen LogP contribution in [0.3, 0.4) is 0 Å². The zero-order valence-corrected chi connectivity index (χ0v) is 17.4.